The Balaban J connectivity index is 1.30. The standard InChI is InChI=1S/C23H26ClFN2OS/c1-16-5-8-20(29-16)14-27-11-9-17(10-12-27)22-3-2-4-23(26-22)28-15-18-6-7-19(24)13-21(18)25/h2-7,13,17,20H,8-12,14-15H2,1H3. The summed E-state index contributed by atoms with van der Waals surface area (Å²) in [5.74, 6) is 0.646. The fourth-order valence-electron chi connectivity index (χ4n) is 4.00. The van der Waals surface area contributed by atoms with Crippen LogP contribution in [0.4, 0.5) is 4.39 Å². The monoisotopic (exact) mass is 432 g/mol. The van der Waals surface area contributed by atoms with Gasteiger partial charge >= 0.3 is 0 Å². The highest BCUT2D eigenvalue weighted by molar-refractivity contribution is 8.03. The summed E-state index contributed by atoms with van der Waals surface area (Å²) in [5, 5.41) is 1.10. The second-order valence-electron chi connectivity index (χ2n) is 7.79. The van der Waals surface area contributed by atoms with E-state index in [4.69, 9.17) is 21.3 Å². The maximum atomic E-state index is 13.9. The minimum Gasteiger partial charge on any atom is -0.473 e. The van der Waals surface area contributed by atoms with Crippen molar-refractivity contribution >= 4 is 23.4 Å². The number of rotatable bonds is 6. The SMILES string of the molecule is CC1=CCC(CN2CCC(c3cccc(OCc4ccc(Cl)cc4F)n3)CC2)S1. The third kappa shape index (κ3) is 5.53. The van der Waals surface area contributed by atoms with E-state index >= 15 is 0 Å². The molecule has 29 heavy (non-hydrogen) atoms. The Morgan fingerprint density at radius 1 is 1.24 bits per heavy atom. The van der Waals surface area contributed by atoms with E-state index in [-0.39, 0.29) is 12.4 Å². The molecular formula is C23H26ClFN2OS. The molecule has 1 aromatic carbocycles. The number of benzene rings is 1. The molecule has 2 aromatic rings. The summed E-state index contributed by atoms with van der Waals surface area (Å²) in [4.78, 5) is 8.75. The van der Waals surface area contributed by atoms with E-state index in [2.05, 4.69) is 24.0 Å². The van der Waals surface area contributed by atoms with Crippen LogP contribution in [0.25, 0.3) is 0 Å². The molecule has 2 aliphatic heterocycles. The number of halogens is 2. The molecule has 1 atom stereocenters. The first kappa shape index (κ1) is 20.7. The van der Waals surface area contributed by atoms with Crippen LogP contribution in [0.5, 0.6) is 5.88 Å². The molecule has 6 heteroatoms. The van der Waals surface area contributed by atoms with Gasteiger partial charge in [-0.2, -0.15) is 0 Å². The van der Waals surface area contributed by atoms with Crippen molar-refractivity contribution < 1.29 is 9.13 Å². The van der Waals surface area contributed by atoms with Gasteiger partial charge in [0.1, 0.15) is 12.4 Å². The van der Waals surface area contributed by atoms with Gasteiger partial charge in [0.15, 0.2) is 0 Å². The average molecular weight is 433 g/mol. The Labute approximate surface area is 181 Å². The average Bonchev–Trinajstić information content (AvgIpc) is 3.13. The molecule has 0 bridgehead atoms. The molecule has 1 fully saturated rings. The van der Waals surface area contributed by atoms with Crippen LogP contribution in [-0.2, 0) is 6.61 Å². The topological polar surface area (TPSA) is 25.4 Å². The van der Waals surface area contributed by atoms with Gasteiger partial charge in [0.2, 0.25) is 5.88 Å². The normalized spacial score (nSPS) is 20.7. The highest BCUT2D eigenvalue weighted by Gasteiger charge is 2.25. The smallest absolute Gasteiger partial charge is 0.213 e. The third-order valence-electron chi connectivity index (χ3n) is 5.62. The molecule has 4 rings (SSSR count). The van der Waals surface area contributed by atoms with Crippen molar-refractivity contribution in [3.63, 3.8) is 0 Å². The summed E-state index contributed by atoms with van der Waals surface area (Å²) in [5.41, 5.74) is 1.55. The molecule has 1 unspecified atom stereocenters. The van der Waals surface area contributed by atoms with Crippen molar-refractivity contribution in [1.29, 1.82) is 0 Å². The van der Waals surface area contributed by atoms with Crippen LogP contribution < -0.4 is 4.74 Å². The van der Waals surface area contributed by atoms with Crippen LogP contribution in [0.1, 0.15) is 43.4 Å². The molecule has 0 spiro atoms. The van der Waals surface area contributed by atoms with E-state index in [1.54, 1.807) is 12.1 Å². The van der Waals surface area contributed by atoms with Crippen molar-refractivity contribution in [2.75, 3.05) is 19.6 Å². The van der Waals surface area contributed by atoms with Crippen LogP contribution in [0.3, 0.4) is 0 Å². The van der Waals surface area contributed by atoms with Gasteiger partial charge in [0.05, 0.1) is 0 Å². The number of nitrogens with zero attached hydrogens (tertiary/aromatic N) is 2. The molecule has 0 amide bonds. The minimum absolute atomic E-state index is 0.143. The van der Waals surface area contributed by atoms with Crippen LogP contribution in [0, 0.1) is 5.82 Å². The van der Waals surface area contributed by atoms with Gasteiger partial charge in [-0.1, -0.05) is 29.8 Å². The number of allylic oxidation sites excluding steroid dienone is 2. The van der Waals surface area contributed by atoms with Gasteiger partial charge in [-0.25, -0.2) is 9.37 Å². The number of hydrogen-bond acceptors (Lipinski definition) is 4. The van der Waals surface area contributed by atoms with Crippen molar-refractivity contribution in [3.05, 3.63) is 69.5 Å². The quantitative estimate of drug-likeness (QED) is 0.555. The fraction of sp³-hybridized carbons (Fsp3) is 0.435. The van der Waals surface area contributed by atoms with Crippen LogP contribution >= 0.6 is 23.4 Å². The summed E-state index contributed by atoms with van der Waals surface area (Å²) in [6.45, 7) is 5.75. The molecule has 154 valence electrons. The molecule has 0 saturated carbocycles. The van der Waals surface area contributed by atoms with Gasteiger partial charge in [0, 0.05) is 40.1 Å². The molecule has 1 saturated heterocycles. The zero-order chi connectivity index (χ0) is 20.2. The number of thioether (sulfide) groups is 1. The number of hydrogen-bond donors (Lipinski definition) is 0. The molecule has 0 N–H and O–H groups in total. The van der Waals surface area contributed by atoms with Crippen molar-refractivity contribution in [2.24, 2.45) is 0 Å². The zero-order valence-electron chi connectivity index (χ0n) is 16.6. The lowest BCUT2D eigenvalue weighted by molar-refractivity contribution is 0.211. The lowest BCUT2D eigenvalue weighted by Gasteiger charge is -2.33. The first-order valence-electron chi connectivity index (χ1n) is 10.2. The van der Waals surface area contributed by atoms with E-state index in [9.17, 15) is 4.39 Å². The van der Waals surface area contributed by atoms with Crippen molar-refractivity contribution in [2.45, 2.75) is 44.0 Å². The number of pyridine rings is 1. The van der Waals surface area contributed by atoms with Gasteiger partial charge < -0.3 is 9.64 Å². The lowest BCUT2D eigenvalue weighted by atomic mass is 9.93. The molecule has 2 aliphatic rings. The summed E-state index contributed by atoms with van der Waals surface area (Å²) < 4.78 is 19.7. The maximum Gasteiger partial charge on any atom is 0.213 e. The highest BCUT2D eigenvalue weighted by atomic mass is 35.5. The molecule has 0 aliphatic carbocycles. The Bertz CT molecular complexity index is 883. The van der Waals surface area contributed by atoms with Crippen molar-refractivity contribution in [1.82, 2.24) is 9.88 Å². The van der Waals surface area contributed by atoms with Gasteiger partial charge in [-0.15, -0.1) is 11.8 Å². The van der Waals surface area contributed by atoms with E-state index < -0.39 is 0 Å². The summed E-state index contributed by atoms with van der Waals surface area (Å²) in [7, 11) is 0. The van der Waals surface area contributed by atoms with Gasteiger partial charge in [0.25, 0.3) is 0 Å². The lowest BCUT2D eigenvalue weighted by Crippen LogP contribution is -2.37. The summed E-state index contributed by atoms with van der Waals surface area (Å²) >= 11 is 7.82. The number of likely N-dealkylation sites (tertiary alicyclic amines) is 1. The molecular weight excluding hydrogens is 407 g/mol. The second-order valence-corrected chi connectivity index (χ2v) is 9.77. The third-order valence-corrected chi connectivity index (χ3v) is 7.07. The highest BCUT2D eigenvalue weighted by Crippen LogP contribution is 2.34. The number of piperidine rings is 1. The van der Waals surface area contributed by atoms with E-state index in [1.807, 2.05) is 23.9 Å². The Morgan fingerprint density at radius 2 is 2.07 bits per heavy atom. The molecule has 3 heterocycles. The summed E-state index contributed by atoms with van der Waals surface area (Å²) in [6.07, 6.45) is 5.79. The molecule has 1 aromatic heterocycles. The molecule has 3 nitrogen and oxygen atoms in total. The minimum atomic E-state index is -0.355. The van der Waals surface area contributed by atoms with E-state index in [1.165, 1.54) is 23.9 Å². The largest absolute Gasteiger partial charge is 0.473 e. The van der Waals surface area contributed by atoms with E-state index in [0.29, 0.717) is 22.4 Å². The van der Waals surface area contributed by atoms with Crippen LogP contribution in [0.15, 0.2) is 47.4 Å². The fourth-order valence-corrected chi connectivity index (χ4v) is 5.35. The Morgan fingerprint density at radius 3 is 2.79 bits per heavy atom. The predicted molar refractivity (Wildman–Crippen MR) is 118 cm³/mol. The van der Waals surface area contributed by atoms with Gasteiger partial charge in [-0.05, 0) is 62.4 Å². The number of aromatic nitrogens is 1. The number of ether oxygens (including phenoxy) is 1. The first-order chi connectivity index (χ1) is 14.1. The van der Waals surface area contributed by atoms with Crippen molar-refractivity contribution in [3.8, 4) is 5.88 Å². The predicted octanol–water partition coefficient (Wildman–Crippen LogP) is 6.04. The second kappa shape index (κ2) is 9.50. The summed E-state index contributed by atoms with van der Waals surface area (Å²) in [6, 6.07) is 10.5. The Hall–Kier alpha value is -1.56. The van der Waals surface area contributed by atoms with Crippen LogP contribution in [0.2, 0.25) is 5.02 Å². The van der Waals surface area contributed by atoms with E-state index in [0.717, 1.165) is 36.9 Å². The Kier molecular flexibility index (Phi) is 6.78. The van der Waals surface area contributed by atoms with Crippen LogP contribution in [-0.4, -0.2) is 34.8 Å². The molecule has 0 radical (unpaired) electrons. The van der Waals surface area contributed by atoms with Gasteiger partial charge in [-0.3, -0.25) is 0 Å². The first-order valence-corrected chi connectivity index (χ1v) is 11.4. The maximum absolute atomic E-state index is 13.9. The zero-order valence-corrected chi connectivity index (χ0v) is 18.2.